The third kappa shape index (κ3) is 3.60. The first-order valence-corrected chi connectivity index (χ1v) is 8.48. The smallest absolute Gasteiger partial charge is 0.241 e. The molecule has 1 fully saturated rings. The van der Waals surface area contributed by atoms with Crippen LogP contribution in [0.5, 0.6) is 0 Å². The minimum Gasteiger partial charge on any atom is -0.391 e. The number of hydrogen-bond acceptors (Lipinski definition) is 6. The first-order valence-electron chi connectivity index (χ1n) is 8.48. The third-order valence-corrected chi connectivity index (χ3v) is 4.64. The highest BCUT2D eigenvalue weighted by atomic mass is 16.5. The molecular formula is C19H20N4O2. The summed E-state index contributed by atoms with van der Waals surface area (Å²) in [5, 5.41) is 14.6. The van der Waals surface area contributed by atoms with Crippen LogP contribution in [-0.4, -0.2) is 44.3 Å². The van der Waals surface area contributed by atoms with E-state index in [0.29, 0.717) is 24.8 Å². The van der Waals surface area contributed by atoms with Crippen molar-refractivity contribution in [1.29, 1.82) is 0 Å². The number of likely N-dealkylation sites (tertiary alicyclic amines) is 1. The second-order valence-electron chi connectivity index (χ2n) is 6.36. The summed E-state index contributed by atoms with van der Waals surface area (Å²) in [5.74, 6) is 1.29. The SMILES string of the molecule is O[C@@H]1CN(Cc2nc(-c3cccnc3)no2)CC[C@H]1c1ccccc1. The molecule has 1 aliphatic heterocycles. The van der Waals surface area contributed by atoms with E-state index in [1.807, 2.05) is 30.3 Å². The Bertz CT molecular complexity index is 807. The minimum absolute atomic E-state index is 0.186. The molecular weight excluding hydrogens is 316 g/mol. The number of β-amino-alcohol motifs (C(OH)–C–C–N with tert-alkyl or cyclic N) is 1. The fourth-order valence-corrected chi connectivity index (χ4v) is 3.35. The number of nitrogens with zero attached hydrogens (tertiary/aromatic N) is 4. The summed E-state index contributed by atoms with van der Waals surface area (Å²) >= 11 is 0. The average molecular weight is 336 g/mol. The maximum Gasteiger partial charge on any atom is 0.241 e. The molecule has 0 bridgehead atoms. The van der Waals surface area contributed by atoms with E-state index in [-0.39, 0.29) is 5.92 Å². The van der Waals surface area contributed by atoms with Gasteiger partial charge in [0.05, 0.1) is 12.6 Å². The first-order chi connectivity index (χ1) is 12.3. The molecule has 1 saturated heterocycles. The molecule has 0 saturated carbocycles. The van der Waals surface area contributed by atoms with Crippen LogP contribution in [0.4, 0.5) is 0 Å². The Morgan fingerprint density at radius 2 is 2.04 bits per heavy atom. The lowest BCUT2D eigenvalue weighted by Gasteiger charge is -2.35. The van der Waals surface area contributed by atoms with Gasteiger partial charge in [0.1, 0.15) is 0 Å². The Morgan fingerprint density at radius 3 is 2.80 bits per heavy atom. The van der Waals surface area contributed by atoms with Crippen molar-refractivity contribution in [2.75, 3.05) is 13.1 Å². The van der Waals surface area contributed by atoms with Crippen LogP contribution in [-0.2, 0) is 6.54 Å². The van der Waals surface area contributed by atoms with Gasteiger partial charge in [-0.05, 0) is 30.7 Å². The number of aliphatic hydroxyl groups excluding tert-OH is 1. The Kier molecular flexibility index (Phi) is 4.54. The van der Waals surface area contributed by atoms with Crippen LogP contribution in [0.3, 0.4) is 0 Å². The molecule has 1 aromatic carbocycles. The quantitative estimate of drug-likeness (QED) is 0.789. The third-order valence-electron chi connectivity index (χ3n) is 4.64. The minimum atomic E-state index is -0.392. The summed E-state index contributed by atoms with van der Waals surface area (Å²) in [6.07, 6.45) is 3.94. The van der Waals surface area contributed by atoms with Crippen molar-refractivity contribution in [3.63, 3.8) is 0 Å². The van der Waals surface area contributed by atoms with E-state index in [0.717, 1.165) is 18.5 Å². The van der Waals surface area contributed by atoms with Crippen molar-refractivity contribution in [3.8, 4) is 11.4 Å². The lowest BCUT2D eigenvalue weighted by Crippen LogP contribution is -2.42. The second-order valence-corrected chi connectivity index (χ2v) is 6.36. The van der Waals surface area contributed by atoms with E-state index >= 15 is 0 Å². The number of pyridine rings is 1. The topological polar surface area (TPSA) is 75.3 Å². The lowest BCUT2D eigenvalue weighted by atomic mass is 9.87. The predicted molar refractivity (Wildman–Crippen MR) is 92.6 cm³/mol. The Morgan fingerprint density at radius 1 is 1.16 bits per heavy atom. The molecule has 3 aromatic rings. The number of aromatic nitrogens is 3. The summed E-state index contributed by atoms with van der Waals surface area (Å²) in [6.45, 7) is 2.04. The number of piperidine rings is 1. The van der Waals surface area contributed by atoms with Gasteiger partial charge in [-0.2, -0.15) is 4.98 Å². The number of hydrogen-bond donors (Lipinski definition) is 1. The summed E-state index contributed by atoms with van der Waals surface area (Å²) in [4.78, 5) is 10.7. The van der Waals surface area contributed by atoms with Gasteiger partial charge < -0.3 is 9.63 Å². The van der Waals surface area contributed by atoms with Gasteiger partial charge >= 0.3 is 0 Å². The van der Waals surface area contributed by atoms with Crippen molar-refractivity contribution in [2.24, 2.45) is 0 Å². The van der Waals surface area contributed by atoms with Gasteiger partial charge in [-0.3, -0.25) is 9.88 Å². The number of benzene rings is 1. The highest BCUT2D eigenvalue weighted by Gasteiger charge is 2.29. The summed E-state index contributed by atoms with van der Waals surface area (Å²) in [5.41, 5.74) is 2.03. The van der Waals surface area contributed by atoms with Gasteiger partial charge in [-0.15, -0.1) is 0 Å². The predicted octanol–water partition coefficient (Wildman–Crippen LogP) is 2.48. The van der Waals surface area contributed by atoms with Crippen LogP contribution >= 0.6 is 0 Å². The Labute approximate surface area is 146 Å². The second kappa shape index (κ2) is 7.13. The fourth-order valence-electron chi connectivity index (χ4n) is 3.35. The molecule has 4 rings (SSSR count). The van der Waals surface area contributed by atoms with Crippen molar-refractivity contribution < 1.29 is 9.63 Å². The van der Waals surface area contributed by atoms with Gasteiger partial charge in [0, 0.05) is 30.4 Å². The summed E-state index contributed by atoms with van der Waals surface area (Å²) < 4.78 is 5.36. The van der Waals surface area contributed by atoms with Gasteiger partial charge in [-0.1, -0.05) is 35.5 Å². The summed E-state index contributed by atoms with van der Waals surface area (Å²) in [7, 11) is 0. The normalized spacial score (nSPS) is 21.3. The molecule has 0 aliphatic carbocycles. The maximum atomic E-state index is 10.5. The fraction of sp³-hybridized carbons (Fsp3) is 0.316. The molecule has 1 N–H and O–H groups in total. The first kappa shape index (κ1) is 15.9. The van der Waals surface area contributed by atoms with Crippen LogP contribution in [0.15, 0.2) is 59.4 Å². The van der Waals surface area contributed by atoms with Crippen molar-refractivity contribution in [3.05, 3.63) is 66.3 Å². The van der Waals surface area contributed by atoms with Crippen LogP contribution in [0.2, 0.25) is 0 Å². The summed E-state index contributed by atoms with van der Waals surface area (Å²) in [6, 6.07) is 14.0. The number of rotatable bonds is 4. The van der Waals surface area contributed by atoms with E-state index in [1.165, 1.54) is 5.56 Å². The molecule has 2 atom stereocenters. The zero-order valence-electron chi connectivity index (χ0n) is 13.8. The van der Waals surface area contributed by atoms with E-state index in [9.17, 15) is 5.11 Å². The van der Waals surface area contributed by atoms with Crippen molar-refractivity contribution in [2.45, 2.75) is 25.0 Å². The lowest BCUT2D eigenvalue weighted by molar-refractivity contribution is 0.0430. The van der Waals surface area contributed by atoms with Gasteiger partial charge in [0.25, 0.3) is 0 Å². The highest BCUT2D eigenvalue weighted by molar-refractivity contribution is 5.51. The standard InChI is InChI=1S/C19H20N4O2/c24-17-12-23(10-8-16(17)14-5-2-1-3-6-14)13-18-21-19(22-25-18)15-7-4-9-20-11-15/h1-7,9,11,16-17,24H,8,10,12-13H2/t16-,17+/m0/s1. The molecule has 128 valence electrons. The Balaban J connectivity index is 1.39. The number of aliphatic hydroxyl groups is 1. The molecule has 0 amide bonds. The molecule has 3 heterocycles. The molecule has 6 heteroatoms. The van der Waals surface area contributed by atoms with E-state index in [1.54, 1.807) is 12.4 Å². The van der Waals surface area contributed by atoms with Gasteiger partial charge in [0.2, 0.25) is 11.7 Å². The average Bonchev–Trinajstić information content (AvgIpc) is 3.12. The molecule has 25 heavy (non-hydrogen) atoms. The monoisotopic (exact) mass is 336 g/mol. The van der Waals surface area contributed by atoms with E-state index in [2.05, 4.69) is 32.2 Å². The maximum absolute atomic E-state index is 10.5. The molecule has 1 aliphatic rings. The van der Waals surface area contributed by atoms with Gasteiger partial charge in [0.15, 0.2) is 0 Å². The molecule has 0 unspecified atom stereocenters. The Hall–Kier alpha value is -2.57. The van der Waals surface area contributed by atoms with Crippen LogP contribution in [0.25, 0.3) is 11.4 Å². The van der Waals surface area contributed by atoms with Crippen LogP contribution in [0, 0.1) is 0 Å². The zero-order valence-corrected chi connectivity index (χ0v) is 13.8. The molecule has 0 radical (unpaired) electrons. The van der Waals surface area contributed by atoms with Crippen molar-refractivity contribution >= 4 is 0 Å². The van der Waals surface area contributed by atoms with Gasteiger partial charge in [-0.25, -0.2) is 0 Å². The van der Waals surface area contributed by atoms with Crippen LogP contribution < -0.4 is 0 Å². The molecule has 0 spiro atoms. The van der Waals surface area contributed by atoms with Crippen molar-refractivity contribution in [1.82, 2.24) is 20.0 Å². The largest absolute Gasteiger partial charge is 0.391 e. The highest BCUT2D eigenvalue weighted by Crippen LogP contribution is 2.29. The van der Waals surface area contributed by atoms with Crippen LogP contribution in [0.1, 0.15) is 23.8 Å². The van der Waals surface area contributed by atoms with E-state index < -0.39 is 6.10 Å². The molecule has 6 nitrogen and oxygen atoms in total. The zero-order chi connectivity index (χ0) is 17.1. The molecule has 2 aromatic heterocycles. The van der Waals surface area contributed by atoms with E-state index in [4.69, 9.17) is 4.52 Å².